The van der Waals surface area contributed by atoms with Gasteiger partial charge in [0.1, 0.15) is 0 Å². The maximum atomic E-state index is 13.3. The summed E-state index contributed by atoms with van der Waals surface area (Å²) in [5, 5.41) is 2.97. The SMILES string of the molecule is Cc1cc(/C=C2/SC(=O)N(Cc3cccc4ccccc34)C2=O)c(C)n1-c1ccc2ncccc2c1. The quantitative estimate of drug-likeness (QED) is 0.254. The second kappa shape index (κ2) is 8.81. The molecular weight excluding hydrogens is 466 g/mol. The molecule has 0 unspecified atom stereocenters. The summed E-state index contributed by atoms with van der Waals surface area (Å²) in [4.78, 5) is 32.3. The second-order valence-corrected chi connectivity index (χ2v) is 9.94. The molecule has 1 saturated heterocycles. The van der Waals surface area contributed by atoms with Crippen molar-refractivity contribution in [3.8, 4) is 5.69 Å². The minimum atomic E-state index is -0.250. The van der Waals surface area contributed by atoms with E-state index in [1.807, 2.05) is 80.6 Å². The largest absolute Gasteiger partial charge is 0.318 e. The van der Waals surface area contributed by atoms with Crippen molar-refractivity contribution >= 4 is 50.7 Å². The number of imide groups is 1. The first-order valence-corrected chi connectivity index (χ1v) is 12.6. The lowest BCUT2D eigenvalue weighted by molar-refractivity contribution is -0.123. The van der Waals surface area contributed by atoms with Crippen LogP contribution in [0.25, 0.3) is 33.4 Å². The van der Waals surface area contributed by atoms with Gasteiger partial charge in [0.2, 0.25) is 0 Å². The predicted molar refractivity (Wildman–Crippen MR) is 146 cm³/mol. The first-order chi connectivity index (χ1) is 17.5. The highest BCUT2D eigenvalue weighted by atomic mass is 32.2. The molecule has 1 fully saturated rings. The third kappa shape index (κ3) is 3.80. The lowest BCUT2D eigenvalue weighted by Gasteiger charge is -2.14. The fourth-order valence-corrected chi connectivity index (χ4v) is 5.74. The molecule has 176 valence electrons. The number of thioether (sulfide) groups is 1. The Kier molecular flexibility index (Phi) is 5.46. The maximum absolute atomic E-state index is 13.3. The number of nitrogens with zero attached hydrogens (tertiary/aromatic N) is 3. The summed E-state index contributed by atoms with van der Waals surface area (Å²) in [6.07, 6.45) is 3.63. The van der Waals surface area contributed by atoms with Crippen LogP contribution in [-0.4, -0.2) is 25.6 Å². The Labute approximate surface area is 213 Å². The Morgan fingerprint density at radius 2 is 1.69 bits per heavy atom. The van der Waals surface area contributed by atoms with Crippen molar-refractivity contribution < 1.29 is 9.59 Å². The summed E-state index contributed by atoms with van der Waals surface area (Å²) in [6, 6.07) is 26.2. The second-order valence-electron chi connectivity index (χ2n) is 8.95. The van der Waals surface area contributed by atoms with Crippen molar-refractivity contribution in [1.29, 1.82) is 0 Å². The molecule has 6 rings (SSSR count). The number of aromatic nitrogens is 2. The average Bonchev–Trinajstić information content (AvgIpc) is 3.32. The fourth-order valence-electron chi connectivity index (χ4n) is 4.91. The number of benzene rings is 3. The molecule has 5 nitrogen and oxygen atoms in total. The number of pyridine rings is 1. The van der Waals surface area contributed by atoms with Crippen LogP contribution in [0.15, 0.2) is 90.0 Å². The fraction of sp³-hybridized carbons (Fsp3) is 0.100. The number of amides is 2. The summed E-state index contributed by atoms with van der Waals surface area (Å²) in [6.45, 7) is 4.34. The van der Waals surface area contributed by atoms with Crippen molar-refractivity contribution in [3.63, 3.8) is 0 Å². The van der Waals surface area contributed by atoms with E-state index in [-0.39, 0.29) is 17.7 Å². The Morgan fingerprint density at radius 3 is 2.58 bits per heavy atom. The van der Waals surface area contributed by atoms with Gasteiger partial charge in [0.05, 0.1) is 17.0 Å². The Morgan fingerprint density at radius 1 is 0.889 bits per heavy atom. The molecular formula is C30H23N3O2S. The molecule has 3 heterocycles. The van der Waals surface area contributed by atoms with Crippen molar-refractivity contribution in [2.24, 2.45) is 0 Å². The molecule has 0 N–H and O–H groups in total. The molecule has 1 aliphatic heterocycles. The van der Waals surface area contributed by atoms with Crippen LogP contribution in [0, 0.1) is 13.8 Å². The van der Waals surface area contributed by atoms with Gasteiger partial charge in [-0.2, -0.15) is 0 Å². The Hall–Kier alpha value is -4.16. The monoisotopic (exact) mass is 489 g/mol. The molecule has 0 saturated carbocycles. The van der Waals surface area contributed by atoms with Crippen molar-refractivity contribution in [3.05, 3.63) is 112 Å². The Bertz CT molecular complexity index is 1710. The third-order valence-electron chi connectivity index (χ3n) is 6.68. The van der Waals surface area contributed by atoms with E-state index in [1.54, 1.807) is 6.20 Å². The van der Waals surface area contributed by atoms with Gasteiger partial charge in [-0.25, -0.2) is 0 Å². The zero-order chi connectivity index (χ0) is 24.8. The highest BCUT2D eigenvalue weighted by molar-refractivity contribution is 8.18. The van der Waals surface area contributed by atoms with E-state index in [9.17, 15) is 9.59 Å². The van der Waals surface area contributed by atoms with E-state index in [1.165, 1.54) is 4.90 Å². The lowest BCUT2D eigenvalue weighted by atomic mass is 10.0. The van der Waals surface area contributed by atoms with Crippen LogP contribution in [0.3, 0.4) is 0 Å². The van der Waals surface area contributed by atoms with Crippen LogP contribution in [0.4, 0.5) is 4.79 Å². The van der Waals surface area contributed by atoms with E-state index in [2.05, 4.69) is 27.8 Å². The number of carbonyl (C=O) groups excluding carboxylic acids is 2. The van der Waals surface area contributed by atoms with Crippen LogP contribution < -0.4 is 0 Å². The van der Waals surface area contributed by atoms with Crippen LogP contribution in [0.5, 0.6) is 0 Å². The number of fused-ring (bicyclic) bond motifs is 2. The van der Waals surface area contributed by atoms with Gasteiger partial charge in [-0.3, -0.25) is 19.5 Å². The molecule has 36 heavy (non-hydrogen) atoms. The minimum absolute atomic E-state index is 0.241. The molecule has 6 heteroatoms. The standard InChI is InChI=1S/C30H23N3O2S/c1-19-15-24(20(2)33(19)25-12-13-27-22(16-25)10-6-14-31-27)17-28-29(34)32(30(35)36-28)18-23-9-5-8-21-7-3-4-11-26(21)23/h3-17H,18H2,1-2H3/b28-17+. The molecule has 1 aliphatic rings. The van der Waals surface area contributed by atoms with Crippen molar-refractivity contribution in [2.45, 2.75) is 20.4 Å². The summed E-state index contributed by atoms with van der Waals surface area (Å²) >= 11 is 1.00. The predicted octanol–water partition coefficient (Wildman–Crippen LogP) is 7.03. The van der Waals surface area contributed by atoms with Crippen LogP contribution >= 0.6 is 11.8 Å². The van der Waals surface area contributed by atoms with E-state index < -0.39 is 0 Å². The molecule has 0 aliphatic carbocycles. The van der Waals surface area contributed by atoms with Crippen LogP contribution in [0.2, 0.25) is 0 Å². The van der Waals surface area contributed by atoms with E-state index >= 15 is 0 Å². The van der Waals surface area contributed by atoms with Gasteiger partial charge in [-0.05, 0) is 83.9 Å². The lowest BCUT2D eigenvalue weighted by Crippen LogP contribution is -2.27. The summed E-state index contributed by atoms with van der Waals surface area (Å²) in [5.41, 5.74) is 5.93. The van der Waals surface area contributed by atoms with Gasteiger partial charge < -0.3 is 4.57 Å². The summed E-state index contributed by atoms with van der Waals surface area (Å²) in [5.74, 6) is -0.250. The topological polar surface area (TPSA) is 55.2 Å². The van der Waals surface area contributed by atoms with Crippen LogP contribution in [0.1, 0.15) is 22.5 Å². The van der Waals surface area contributed by atoms with Gasteiger partial charge in [-0.15, -0.1) is 0 Å². The molecule has 0 bridgehead atoms. The smallest absolute Gasteiger partial charge is 0.293 e. The normalized spacial score (nSPS) is 15.1. The van der Waals surface area contributed by atoms with E-state index in [0.29, 0.717) is 4.91 Å². The van der Waals surface area contributed by atoms with E-state index in [4.69, 9.17) is 0 Å². The first-order valence-electron chi connectivity index (χ1n) is 11.8. The third-order valence-corrected chi connectivity index (χ3v) is 7.59. The number of hydrogen-bond acceptors (Lipinski definition) is 4. The molecule has 3 aromatic carbocycles. The summed E-state index contributed by atoms with van der Waals surface area (Å²) < 4.78 is 2.17. The van der Waals surface area contributed by atoms with Crippen molar-refractivity contribution in [1.82, 2.24) is 14.5 Å². The van der Waals surface area contributed by atoms with Crippen LogP contribution in [-0.2, 0) is 11.3 Å². The molecule has 2 aromatic heterocycles. The summed E-state index contributed by atoms with van der Waals surface area (Å²) in [7, 11) is 0. The number of carbonyl (C=O) groups is 2. The molecule has 5 aromatic rings. The molecule has 0 radical (unpaired) electrons. The number of rotatable bonds is 4. The molecule has 0 spiro atoms. The highest BCUT2D eigenvalue weighted by Crippen LogP contribution is 2.35. The van der Waals surface area contributed by atoms with Gasteiger partial charge in [0, 0.05) is 28.7 Å². The van der Waals surface area contributed by atoms with E-state index in [0.717, 1.165) is 61.6 Å². The van der Waals surface area contributed by atoms with Gasteiger partial charge in [0.15, 0.2) is 0 Å². The highest BCUT2D eigenvalue weighted by Gasteiger charge is 2.35. The van der Waals surface area contributed by atoms with Gasteiger partial charge in [0.25, 0.3) is 11.1 Å². The Balaban J connectivity index is 1.32. The number of hydrogen-bond donors (Lipinski definition) is 0. The zero-order valence-corrected chi connectivity index (χ0v) is 20.8. The maximum Gasteiger partial charge on any atom is 0.293 e. The number of aryl methyl sites for hydroxylation is 1. The van der Waals surface area contributed by atoms with Gasteiger partial charge >= 0.3 is 0 Å². The average molecular weight is 490 g/mol. The molecule has 0 atom stereocenters. The zero-order valence-electron chi connectivity index (χ0n) is 19.9. The molecule has 2 amide bonds. The first kappa shape index (κ1) is 22.3. The minimum Gasteiger partial charge on any atom is -0.318 e. The van der Waals surface area contributed by atoms with Gasteiger partial charge in [-0.1, -0.05) is 48.5 Å². The van der Waals surface area contributed by atoms with Crippen molar-refractivity contribution in [2.75, 3.05) is 0 Å².